The Morgan fingerprint density at radius 1 is 1.18 bits per heavy atom. The molecule has 1 aliphatic heterocycles. The maximum atomic E-state index is 12.7. The number of amides is 2. The summed E-state index contributed by atoms with van der Waals surface area (Å²) in [5.74, 6) is -0.194. The molecule has 11 heteroatoms. The topological polar surface area (TPSA) is 77.6 Å². The number of carbonyl (C=O) groups excluding carboxylic acids is 2. The van der Waals surface area contributed by atoms with Gasteiger partial charge in [-0.25, -0.2) is 4.98 Å². The van der Waals surface area contributed by atoms with E-state index < -0.39 is 11.7 Å². The molecule has 2 heterocycles. The van der Waals surface area contributed by atoms with Gasteiger partial charge in [0.05, 0.1) is 23.7 Å². The highest BCUT2D eigenvalue weighted by atomic mass is 35.5. The van der Waals surface area contributed by atoms with E-state index in [2.05, 4.69) is 15.6 Å². The molecule has 2 N–H and O–H groups in total. The van der Waals surface area contributed by atoms with E-state index in [1.54, 1.807) is 4.90 Å². The molecule has 7 nitrogen and oxygen atoms in total. The van der Waals surface area contributed by atoms with Gasteiger partial charge in [0.1, 0.15) is 5.82 Å². The largest absolute Gasteiger partial charge is 0.417 e. The number of nitrogens with one attached hydrogen (secondary N) is 2. The standard InChI is InChI=1S/C17H23ClF3N5O2/c1-2-3-22-14(27)10-23-15(28)11-25-4-6-26(7-5-25)16-13(18)8-12(9-24-16)17(19,20)21/h8-9H,2-7,10-11H2,1H3,(H,22,27)(H,23,28). The van der Waals surface area contributed by atoms with Crippen LogP contribution in [0.5, 0.6) is 0 Å². The zero-order valence-corrected chi connectivity index (χ0v) is 16.2. The van der Waals surface area contributed by atoms with Gasteiger partial charge in [-0.2, -0.15) is 13.2 Å². The second-order valence-corrected chi connectivity index (χ2v) is 6.82. The van der Waals surface area contributed by atoms with Crippen LogP contribution in [-0.4, -0.2) is 67.5 Å². The van der Waals surface area contributed by atoms with Crippen molar-refractivity contribution in [3.8, 4) is 0 Å². The van der Waals surface area contributed by atoms with Crippen molar-refractivity contribution in [3.05, 3.63) is 22.8 Å². The second-order valence-electron chi connectivity index (χ2n) is 6.42. The highest BCUT2D eigenvalue weighted by Gasteiger charge is 2.32. The third-order valence-electron chi connectivity index (χ3n) is 4.21. The Morgan fingerprint density at radius 2 is 1.86 bits per heavy atom. The molecule has 1 saturated heterocycles. The molecular formula is C17H23ClF3N5O2. The Balaban J connectivity index is 1.80. The fourth-order valence-corrected chi connectivity index (χ4v) is 2.99. The van der Waals surface area contributed by atoms with Crippen LogP contribution in [0.4, 0.5) is 19.0 Å². The number of hydrogen-bond donors (Lipinski definition) is 2. The van der Waals surface area contributed by atoms with Crippen molar-refractivity contribution < 1.29 is 22.8 Å². The van der Waals surface area contributed by atoms with Crippen LogP contribution in [0.15, 0.2) is 12.3 Å². The molecule has 0 atom stereocenters. The third kappa shape index (κ3) is 6.52. The molecule has 28 heavy (non-hydrogen) atoms. The number of halogens is 4. The number of pyridine rings is 1. The van der Waals surface area contributed by atoms with E-state index >= 15 is 0 Å². The number of aromatic nitrogens is 1. The minimum atomic E-state index is -4.49. The van der Waals surface area contributed by atoms with E-state index in [1.165, 1.54) is 0 Å². The van der Waals surface area contributed by atoms with Gasteiger partial charge in [-0.1, -0.05) is 18.5 Å². The molecule has 0 bridgehead atoms. The van der Waals surface area contributed by atoms with Gasteiger partial charge in [-0.05, 0) is 12.5 Å². The van der Waals surface area contributed by atoms with Crippen molar-refractivity contribution in [1.29, 1.82) is 0 Å². The number of piperazine rings is 1. The Bertz CT molecular complexity index is 694. The monoisotopic (exact) mass is 421 g/mol. The number of carbonyl (C=O) groups is 2. The van der Waals surface area contributed by atoms with Crippen LogP contribution >= 0.6 is 11.6 Å². The fourth-order valence-electron chi connectivity index (χ4n) is 2.70. The van der Waals surface area contributed by atoms with Crippen LogP contribution in [0.25, 0.3) is 0 Å². The van der Waals surface area contributed by atoms with Gasteiger partial charge in [0.25, 0.3) is 0 Å². The molecule has 0 aromatic carbocycles. The average molecular weight is 422 g/mol. The Kier molecular flexibility index (Phi) is 7.88. The van der Waals surface area contributed by atoms with E-state index in [9.17, 15) is 22.8 Å². The number of nitrogens with zero attached hydrogens (tertiary/aromatic N) is 3. The smallest absolute Gasteiger partial charge is 0.355 e. The van der Waals surface area contributed by atoms with Crippen LogP contribution < -0.4 is 15.5 Å². The Hall–Kier alpha value is -2.07. The van der Waals surface area contributed by atoms with Gasteiger partial charge >= 0.3 is 6.18 Å². The lowest BCUT2D eigenvalue weighted by molar-refractivity contribution is -0.137. The molecule has 2 rings (SSSR count). The average Bonchev–Trinajstić information content (AvgIpc) is 2.64. The summed E-state index contributed by atoms with van der Waals surface area (Å²) in [5, 5.41) is 5.18. The van der Waals surface area contributed by atoms with E-state index in [1.807, 2.05) is 11.8 Å². The summed E-state index contributed by atoms with van der Waals surface area (Å²) in [5.41, 5.74) is -0.889. The van der Waals surface area contributed by atoms with Crippen LogP contribution in [0, 0.1) is 0 Å². The summed E-state index contributed by atoms with van der Waals surface area (Å²) in [6.45, 7) is 4.57. The lowest BCUT2D eigenvalue weighted by Crippen LogP contribution is -2.50. The van der Waals surface area contributed by atoms with Gasteiger partial charge in [0.2, 0.25) is 11.8 Å². The van der Waals surface area contributed by atoms with Crippen molar-refractivity contribution >= 4 is 29.2 Å². The van der Waals surface area contributed by atoms with E-state index in [0.29, 0.717) is 38.5 Å². The predicted molar refractivity (Wildman–Crippen MR) is 99.2 cm³/mol. The zero-order valence-electron chi connectivity index (χ0n) is 15.5. The van der Waals surface area contributed by atoms with E-state index in [-0.39, 0.29) is 29.9 Å². The maximum absolute atomic E-state index is 12.7. The molecule has 0 unspecified atom stereocenters. The van der Waals surface area contributed by atoms with Gasteiger partial charge in [-0.3, -0.25) is 14.5 Å². The van der Waals surface area contributed by atoms with Crippen molar-refractivity contribution in [1.82, 2.24) is 20.5 Å². The SMILES string of the molecule is CCCNC(=O)CNC(=O)CN1CCN(c2ncc(C(F)(F)F)cc2Cl)CC1. The minimum Gasteiger partial charge on any atom is -0.355 e. The van der Waals surface area contributed by atoms with Crippen molar-refractivity contribution in [3.63, 3.8) is 0 Å². The summed E-state index contributed by atoms with van der Waals surface area (Å²) in [6.07, 6.45) is -2.90. The van der Waals surface area contributed by atoms with Crippen LogP contribution in [-0.2, 0) is 15.8 Å². The van der Waals surface area contributed by atoms with Crippen molar-refractivity contribution in [2.45, 2.75) is 19.5 Å². The number of alkyl halides is 3. The summed E-state index contributed by atoms with van der Waals surface area (Å²) in [7, 11) is 0. The summed E-state index contributed by atoms with van der Waals surface area (Å²) in [4.78, 5) is 31.0. The third-order valence-corrected chi connectivity index (χ3v) is 4.48. The summed E-state index contributed by atoms with van der Waals surface area (Å²) >= 11 is 5.98. The first-order valence-corrected chi connectivity index (χ1v) is 9.32. The first-order chi connectivity index (χ1) is 13.2. The molecule has 1 aromatic rings. The lowest BCUT2D eigenvalue weighted by atomic mass is 10.2. The van der Waals surface area contributed by atoms with Gasteiger partial charge < -0.3 is 15.5 Å². The van der Waals surface area contributed by atoms with E-state index in [0.717, 1.165) is 18.7 Å². The molecule has 2 amide bonds. The molecule has 1 fully saturated rings. The number of rotatable bonds is 7. The Labute approximate surface area is 166 Å². The molecule has 1 aromatic heterocycles. The summed E-state index contributed by atoms with van der Waals surface area (Å²) in [6, 6.07) is 0.868. The molecule has 156 valence electrons. The number of anilines is 1. The number of hydrogen-bond acceptors (Lipinski definition) is 5. The van der Waals surface area contributed by atoms with Crippen molar-refractivity contribution in [2.24, 2.45) is 0 Å². The predicted octanol–water partition coefficient (Wildman–Crippen LogP) is 1.52. The zero-order chi connectivity index (χ0) is 20.7. The van der Waals surface area contributed by atoms with Crippen LogP contribution in [0.3, 0.4) is 0 Å². The first kappa shape index (κ1) is 22.2. The molecule has 0 aliphatic carbocycles. The second kappa shape index (κ2) is 9.92. The van der Waals surface area contributed by atoms with Gasteiger partial charge in [-0.15, -0.1) is 0 Å². The molecule has 1 aliphatic rings. The van der Waals surface area contributed by atoms with E-state index in [4.69, 9.17) is 11.6 Å². The van der Waals surface area contributed by atoms with Gasteiger partial charge in [0, 0.05) is 38.9 Å². The van der Waals surface area contributed by atoms with Crippen LogP contribution in [0.2, 0.25) is 5.02 Å². The fraction of sp³-hybridized carbons (Fsp3) is 0.588. The normalized spacial score (nSPS) is 15.4. The molecular weight excluding hydrogens is 399 g/mol. The maximum Gasteiger partial charge on any atom is 0.417 e. The molecule has 0 radical (unpaired) electrons. The molecule has 0 spiro atoms. The minimum absolute atomic E-state index is 0.0564. The quantitative estimate of drug-likeness (QED) is 0.698. The van der Waals surface area contributed by atoms with Crippen LogP contribution in [0.1, 0.15) is 18.9 Å². The molecule has 0 saturated carbocycles. The van der Waals surface area contributed by atoms with Crippen molar-refractivity contribution in [2.75, 3.05) is 50.7 Å². The highest BCUT2D eigenvalue weighted by Crippen LogP contribution is 2.33. The summed E-state index contributed by atoms with van der Waals surface area (Å²) < 4.78 is 38.1. The highest BCUT2D eigenvalue weighted by molar-refractivity contribution is 6.33. The first-order valence-electron chi connectivity index (χ1n) is 8.94. The lowest BCUT2D eigenvalue weighted by Gasteiger charge is -2.35. The Morgan fingerprint density at radius 3 is 2.43 bits per heavy atom. The van der Waals surface area contributed by atoms with Gasteiger partial charge in [0.15, 0.2) is 0 Å².